The Kier molecular flexibility index (Phi) is 7.40. The molecule has 0 unspecified atom stereocenters. The molecule has 0 aliphatic heterocycles. The summed E-state index contributed by atoms with van der Waals surface area (Å²) in [7, 11) is 31.8. The van der Waals surface area contributed by atoms with Crippen molar-refractivity contribution in [1.82, 2.24) is 24.5 Å². The monoisotopic (exact) mass is 649 g/mol. The van der Waals surface area contributed by atoms with E-state index in [9.17, 15) is 0 Å². The van der Waals surface area contributed by atoms with E-state index in [1.54, 1.807) is 6.20 Å². The maximum Gasteiger partial charge on any atom is 0.238 e. The van der Waals surface area contributed by atoms with Crippen molar-refractivity contribution in [2.24, 2.45) is 5.41 Å². The number of pyridine rings is 1. The van der Waals surface area contributed by atoms with E-state index in [2.05, 4.69) is 71.9 Å². The number of rotatable bonds is 4. The third-order valence-corrected chi connectivity index (χ3v) is 12.1. The highest BCUT2D eigenvalue weighted by molar-refractivity contribution is 6.68. The van der Waals surface area contributed by atoms with Gasteiger partial charge < -0.3 is 0 Å². The van der Waals surface area contributed by atoms with Crippen molar-refractivity contribution in [3.05, 3.63) is 96.2 Å². The summed E-state index contributed by atoms with van der Waals surface area (Å²) in [4.78, 5) is 19.8. The van der Waals surface area contributed by atoms with Gasteiger partial charge in [0.15, 0.2) is 11.6 Å². The highest BCUT2D eigenvalue weighted by Gasteiger charge is 2.56. The van der Waals surface area contributed by atoms with Crippen molar-refractivity contribution < 1.29 is 0 Å². The number of hydrogen-bond donors (Lipinski definition) is 0. The predicted octanol–water partition coefficient (Wildman–Crippen LogP) is 3.93. The van der Waals surface area contributed by atoms with Crippen molar-refractivity contribution in [3.63, 3.8) is 0 Å². The van der Waals surface area contributed by atoms with E-state index in [0.717, 1.165) is 33.1 Å². The van der Waals surface area contributed by atoms with Crippen LogP contribution in [0.3, 0.4) is 0 Å². The topological polar surface area (TPSA) is 56.5 Å². The summed E-state index contributed by atoms with van der Waals surface area (Å²) in [6.45, 7) is 14.1. The second-order valence-electron chi connectivity index (χ2n) is 15.2. The lowest BCUT2D eigenvalue weighted by Crippen LogP contribution is -2.55. The fourth-order valence-corrected chi connectivity index (χ4v) is 7.85. The van der Waals surface area contributed by atoms with Crippen LogP contribution in [0, 0.1) is 5.41 Å². The molecular weight excluding hydrogens is 617 g/mol. The first-order valence-corrected chi connectivity index (χ1v) is 17.0. The summed E-state index contributed by atoms with van der Waals surface area (Å²) in [5.41, 5.74) is 8.19. The minimum Gasteiger partial charge on any atom is -0.278 e. The molecule has 3 aromatic heterocycles. The Balaban J connectivity index is 1.31. The largest absolute Gasteiger partial charge is 0.278 e. The molecule has 10 radical (unpaired) electrons. The smallest absolute Gasteiger partial charge is 0.238 e. The molecule has 0 N–H and O–H groups in total. The molecule has 1 aliphatic rings. The summed E-state index contributed by atoms with van der Waals surface area (Å²) < 4.78 is 2.01. The van der Waals surface area contributed by atoms with Crippen LogP contribution in [0.4, 0.5) is 0 Å². The molecule has 7 aromatic rings. The van der Waals surface area contributed by atoms with E-state index < -0.39 is 0 Å². The SMILES string of the molecule is [B]c1c([B])c([B])c(-c2nc(-c3ccc(-c4ccc5c(c4)C(C)(C)C(C)(C)C5(C)C)nc3)nc(-n3c4ccccc4c4ccccc43)n2)c([B])c1[B]. The third kappa shape index (κ3) is 4.67. The third-order valence-electron chi connectivity index (χ3n) is 12.1. The predicted molar refractivity (Wildman–Crippen MR) is 215 cm³/mol. The van der Waals surface area contributed by atoms with Gasteiger partial charge in [-0.15, -0.1) is 16.4 Å². The molecule has 5 nitrogen and oxygen atoms in total. The van der Waals surface area contributed by atoms with Crippen LogP contribution in [-0.2, 0) is 10.8 Å². The minimum atomic E-state index is -0.0230. The Morgan fingerprint density at radius 1 is 0.529 bits per heavy atom. The van der Waals surface area contributed by atoms with E-state index in [-0.39, 0.29) is 49.4 Å². The lowest BCUT2D eigenvalue weighted by molar-refractivity contribution is 0.125. The zero-order valence-electron chi connectivity index (χ0n) is 29.7. The molecule has 8 rings (SSSR count). The Morgan fingerprint density at radius 2 is 1.06 bits per heavy atom. The van der Waals surface area contributed by atoms with Gasteiger partial charge in [0.2, 0.25) is 5.95 Å². The number of nitrogens with zero attached hydrogens (tertiary/aromatic N) is 5. The van der Waals surface area contributed by atoms with Gasteiger partial charge in [-0.1, -0.05) is 101 Å². The summed E-state index contributed by atoms with van der Waals surface area (Å²) in [5, 5.41) is 2.12. The molecule has 0 atom stereocenters. The first-order chi connectivity index (χ1) is 24.1. The lowest BCUT2D eigenvalue weighted by atomic mass is 9.59. The summed E-state index contributed by atoms with van der Waals surface area (Å²) >= 11 is 0. The molecule has 51 heavy (non-hydrogen) atoms. The maximum absolute atomic E-state index is 6.54. The molecule has 1 aliphatic carbocycles. The second kappa shape index (κ2) is 11.3. The fourth-order valence-electron chi connectivity index (χ4n) is 7.85. The average molecular weight is 649 g/mol. The number of benzene rings is 4. The summed E-state index contributed by atoms with van der Waals surface area (Å²) in [6, 6.07) is 27.0. The number of fused-ring (bicyclic) bond motifs is 4. The van der Waals surface area contributed by atoms with Gasteiger partial charge in [0.05, 0.1) is 16.7 Å². The first-order valence-electron chi connectivity index (χ1n) is 17.0. The van der Waals surface area contributed by atoms with E-state index >= 15 is 0 Å². The molecule has 0 bridgehead atoms. The Bertz CT molecular complexity index is 2490. The van der Waals surface area contributed by atoms with Crippen LogP contribution in [0.25, 0.3) is 61.8 Å². The highest BCUT2D eigenvalue weighted by Crippen LogP contribution is 2.61. The van der Waals surface area contributed by atoms with Crippen LogP contribution < -0.4 is 27.3 Å². The van der Waals surface area contributed by atoms with Gasteiger partial charge in [0.1, 0.15) is 39.2 Å². The van der Waals surface area contributed by atoms with Crippen molar-refractivity contribution in [1.29, 1.82) is 0 Å². The second-order valence-corrected chi connectivity index (χ2v) is 15.2. The van der Waals surface area contributed by atoms with E-state index in [1.165, 1.54) is 11.1 Å². The van der Waals surface area contributed by atoms with Crippen LogP contribution in [0.15, 0.2) is 85.1 Å². The van der Waals surface area contributed by atoms with Crippen molar-refractivity contribution in [2.75, 3.05) is 0 Å². The van der Waals surface area contributed by atoms with Crippen LogP contribution in [0.5, 0.6) is 0 Å². The van der Waals surface area contributed by atoms with Crippen molar-refractivity contribution in [2.45, 2.75) is 52.4 Å². The van der Waals surface area contributed by atoms with Gasteiger partial charge in [-0.05, 0) is 57.7 Å². The maximum atomic E-state index is 6.54. The zero-order chi connectivity index (χ0) is 36.2. The Morgan fingerprint density at radius 3 is 1.65 bits per heavy atom. The quantitative estimate of drug-likeness (QED) is 0.272. The van der Waals surface area contributed by atoms with E-state index in [4.69, 9.17) is 59.2 Å². The average Bonchev–Trinajstić information content (AvgIpc) is 3.51. The molecule has 4 aromatic carbocycles. The van der Waals surface area contributed by atoms with Crippen molar-refractivity contribution in [3.8, 4) is 40.0 Å². The van der Waals surface area contributed by atoms with Gasteiger partial charge in [-0.2, -0.15) is 9.97 Å². The molecule has 236 valence electrons. The van der Waals surface area contributed by atoms with E-state index in [1.807, 2.05) is 53.1 Å². The van der Waals surface area contributed by atoms with Crippen LogP contribution in [0.1, 0.15) is 52.7 Å². The number of aromatic nitrogens is 5. The molecular formula is C41H32B5N5. The van der Waals surface area contributed by atoms with Crippen molar-refractivity contribution >= 4 is 88.4 Å². The molecule has 0 saturated heterocycles. The highest BCUT2D eigenvalue weighted by atomic mass is 15.2. The van der Waals surface area contributed by atoms with Gasteiger partial charge in [0, 0.05) is 33.7 Å². The van der Waals surface area contributed by atoms with Crippen LogP contribution in [-0.4, -0.2) is 63.7 Å². The standard InChI is InChI=1S/C41H32B5N5/c1-39(2)25-17-15-21(19-26(25)40(3,4)41(39,5)6)27-18-16-22(20-47-27)36-48-37(30-31(42)33(44)35(46)34(45)32(30)43)50-38(49-36)51-28-13-9-7-11-23(28)24-12-8-10-14-29(24)51/h7-20H,1-6H3. The van der Waals surface area contributed by atoms with Gasteiger partial charge >= 0.3 is 0 Å². The normalized spacial score (nSPS) is 15.7. The van der Waals surface area contributed by atoms with E-state index in [0.29, 0.717) is 22.9 Å². The summed E-state index contributed by atoms with van der Waals surface area (Å²) in [5.74, 6) is 0.956. The summed E-state index contributed by atoms with van der Waals surface area (Å²) in [6.07, 6.45) is 1.79. The molecule has 0 fully saturated rings. The molecule has 0 saturated carbocycles. The Hall–Kier alpha value is -4.84. The Labute approximate surface area is 305 Å². The lowest BCUT2D eigenvalue weighted by Gasteiger charge is -2.44. The van der Waals surface area contributed by atoms with Crippen LogP contribution in [0.2, 0.25) is 0 Å². The van der Waals surface area contributed by atoms with Gasteiger partial charge in [0.25, 0.3) is 0 Å². The number of hydrogen-bond acceptors (Lipinski definition) is 4. The number of para-hydroxylation sites is 2. The first kappa shape index (κ1) is 33.3. The molecule has 0 amide bonds. The molecule has 10 heteroatoms. The van der Waals surface area contributed by atoms with Crippen LogP contribution >= 0.6 is 0 Å². The zero-order valence-corrected chi connectivity index (χ0v) is 29.7. The molecule has 0 spiro atoms. The van der Waals surface area contributed by atoms with Gasteiger partial charge in [-0.3, -0.25) is 9.55 Å². The van der Waals surface area contributed by atoms with Gasteiger partial charge in [-0.25, -0.2) is 4.98 Å². The fraction of sp³-hybridized carbons (Fsp3) is 0.220. The molecule has 3 heterocycles. The minimum absolute atomic E-state index is 0.0230.